The maximum absolute atomic E-state index is 12.9. The number of carboxylic acids is 1. The Bertz CT molecular complexity index is 1040. The molecular weight excluding hydrogens is 333 g/mol. The Morgan fingerprint density at radius 3 is 2.44 bits per heavy atom. The van der Waals surface area contributed by atoms with E-state index in [2.05, 4.69) is 4.98 Å². The van der Waals surface area contributed by atoms with Gasteiger partial charge in [0.05, 0.1) is 22.7 Å². The second kappa shape index (κ2) is 5.91. The van der Waals surface area contributed by atoms with E-state index in [-0.39, 0.29) is 16.8 Å². The van der Waals surface area contributed by atoms with E-state index in [1.807, 2.05) is 6.07 Å². The number of aromatic nitrogens is 1. The standard InChI is InChI=1S/C18H9F3N2O2/c19-18(20,21)13-3-1-2-10(6-13)11-4-5-15-14(7-11)12(9-22)8-16(23-15)17(24)25/h1-8H,(H,24,25). The lowest BCUT2D eigenvalue weighted by atomic mass is 9.99. The van der Waals surface area contributed by atoms with E-state index in [4.69, 9.17) is 5.11 Å². The molecule has 0 bridgehead atoms. The monoisotopic (exact) mass is 342 g/mol. The van der Waals surface area contributed by atoms with E-state index < -0.39 is 17.7 Å². The molecule has 0 aliphatic rings. The molecule has 124 valence electrons. The highest BCUT2D eigenvalue weighted by Gasteiger charge is 2.30. The highest BCUT2D eigenvalue weighted by Crippen LogP contribution is 2.33. The van der Waals surface area contributed by atoms with Crippen LogP contribution in [0.2, 0.25) is 0 Å². The minimum atomic E-state index is -4.46. The van der Waals surface area contributed by atoms with Gasteiger partial charge in [0.15, 0.2) is 0 Å². The fourth-order valence-electron chi connectivity index (χ4n) is 2.48. The van der Waals surface area contributed by atoms with Crippen LogP contribution in [0.25, 0.3) is 22.0 Å². The first kappa shape index (κ1) is 16.5. The van der Waals surface area contributed by atoms with Crippen LogP contribution in [-0.2, 0) is 6.18 Å². The number of rotatable bonds is 2. The molecule has 0 unspecified atom stereocenters. The number of pyridine rings is 1. The van der Waals surface area contributed by atoms with Crippen molar-refractivity contribution in [1.29, 1.82) is 5.26 Å². The maximum Gasteiger partial charge on any atom is 0.416 e. The number of nitrogens with zero attached hydrogens (tertiary/aromatic N) is 2. The summed E-state index contributed by atoms with van der Waals surface area (Å²) < 4.78 is 38.6. The molecule has 4 nitrogen and oxygen atoms in total. The largest absolute Gasteiger partial charge is 0.477 e. The summed E-state index contributed by atoms with van der Waals surface area (Å²) in [5.41, 5.74) is 0.145. The minimum absolute atomic E-state index is 0.0937. The molecule has 0 saturated heterocycles. The average Bonchev–Trinajstić information content (AvgIpc) is 2.59. The Hall–Kier alpha value is -3.40. The summed E-state index contributed by atoms with van der Waals surface area (Å²) in [4.78, 5) is 15.0. The van der Waals surface area contributed by atoms with Gasteiger partial charge in [-0.25, -0.2) is 9.78 Å². The van der Waals surface area contributed by atoms with Crippen LogP contribution in [-0.4, -0.2) is 16.1 Å². The second-order valence-electron chi connectivity index (χ2n) is 5.28. The third-order valence-corrected chi connectivity index (χ3v) is 3.67. The van der Waals surface area contributed by atoms with E-state index in [1.165, 1.54) is 30.3 Å². The molecule has 1 heterocycles. The van der Waals surface area contributed by atoms with Crippen molar-refractivity contribution in [3.8, 4) is 17.2 Å². The molecule has 0 aliphatic carbocycles. The first-order valence-electron chi connectivity index (χ1n) is 7.05. The van der Waals surface area contributed by atoms with Crippen molar-refractivity contribution >= 4 is 16.9 Å². The number of fused-ring (bicyclic) bond motifs is 1. The summed E-state index contributed by atoms with van der Waals surface area (Å²) in [6.07, 6.45) is -4.46. The molecular formula is C18H9F3N2O2. The summed E-state index contributed by atoms with van der Waals surface area (Å²) in [5.74, 6) is -1.26. The van der Waals surface area contributed by atoms with Gasteiger partial charge in [0.1, 0.15) is 5.69 Å². The van der Waals surface area contributed by atoms with Crippen molar-refractivity contribution in [2.45, 2.75) is 6.18 Å². The van der Waals surface area contributed by atoms with Crippen LogP contribution >= 0.6 is 0 Å². The molecule has 1 N–H and O–H groups in total. The van der Waals surface area contributed by atoms with Crippen LogP contribution in [0.1, 0.15) is 21.6 Å². The first-order chi connectivity index (χ1) is 11.8. The lowest BCUT2D eigenvalue weighted by Crippen LogP contribution is -2.04. The Kier molecular flexibility index (Phi) is 3.89. The topological polar surface area (TPSA) is 74.0 Å². The number of hydrogen-bond acceptors (Lipinski definition) is 3. The van der Waals surface area contributed by atoms with Crippen LogP contribution in [0.3, 0.4) is 0 Å². The van der Waals surface area contributed by atoms with Gasteiger partial charge in [-0.15, -0.1) is 0 Å². The van der Waals surface area contributed by atoms with Crippen molar-refractivity contribution in [3.63, 3.8) is 0 Å². The van der Waals surface area contributed by atoms with Crippen molar-refractivity contribution in [2.24, 2.45) is 0 Å². The zero-order valence-corrected chi connectivity index (χ0v) is 12.5. The SMILES string of the molecule is N#Cc1cc(C(=O)O)nc2ccc(-c3cccc(C(F)(F)F)c3)cc12. The van der Waals surface area contributed by atoms with Gasteiger partial charge >= 0.3 is 12.1 Å². The van der Waals surface area contributed by atoms with Gasteiger partial charge in [0, 0.05) is 5.39 Å². The van der Waals surface area contributed by atoms with Crippen molar-refractivity contribution in [1.82, 2.24) is 4.98 Å². The zero-order valence-electron chi connectivity index (χ0n) is 12.5. The fourth-order valence-corrected chi connectivity index (χ4v) is 2.48. The van der Waals surface area contributed by atoms with Gasteiger partial charge in [0.2, 0.25) is 0 Å². The van der Waals surface area contributed by atoms with Gasteiger partial charge < -0.3 is 5.11 Å². The number of aromatic carboxylic acids is 1. The summed E-state index contributed by atoms with van der Waals surface area (Å²) in [7, 11) is 0. The number of hydrogen-bond donors (Lipinski definition) is 1. The quantitative estimate of drug-likeness (QED) is 0.744. The van der Waals surface area contributed by atoms with Gasteiger partial charge in [-0.3, -0.25) is 0 Å². The fraction of sp³-hybridized carbons (Fsp3) is 0.0556. The Balaban J connectivity index is 2.18. The normalized spacial score (nSPS) is 11.3. The summed E-state index contributed by atoms with van der Waals surface area (Å²) in [6.45, 7) is 0. The van der Waals surface area contributed by atoms with E-state index in [1.54, 1.807) is 0 Å². The molecule has 0 fully saturated rings. The van der Waals surface area contributed by atoms with Crippen LogP contribution in [0.4, 0.5) is 13.2 Å². The smallest absolute Gasteiger partial charge is 0.416 e. The number of alkyl halides is 3. The molecule has 0 aliphatic heterocycles. The number of nitriles is 1. The van der Waals surface area contributed by atoms with Crippen LogP contribution in [0.5, 0.6) is 0 Å². The Morgan fingerprint density at radius 2 is 1.80 bits per heavy atom. The molecule has 0 radical (unpaired) electrons. The van der Waals surface area contributed by atoms with Crippen LogP contribution < -0.4 is 0 Å². The molecule has 7 heteroatoms. The third kappa shape index (κ3) is 3.15. The Morgan fingerprint density at radius 1 is 1.08 bits per heavy atom. The van der Waals surface area contributed by atoms with Crippen molar-refractivity contribution < 1.29 is 23.1 Å². The highest BCUT2D eigenvalue weighted by atomic mass is 19.4. The molecule has 0 amide bonds. The molecule has 2 aromatic carbocycles. The molecule has 3 rings (SSSR count). The number of carbonyl (C=O) groups is 1. The third-order valence-electron chi connectivity index (χ3n) is 3.67. The van der Waals surface area contributed by atoms with E-state index in [0.29, 0.717) is 16.5 Å². The van der Waals surface area contributed by atoms with E-state index in [9.17, 15) is 23.2 Å². The van der Waals surface area contributed by atoms with Crippen LogP contribution in [0.15, 0.2) is 48.5 Å². The molecule has 0 spiro atoms. The zero-order chi connectivity index (χ0) is 18.2. The maximum atomic E-state index is 12.9. The molecule has 25 heavy (non-hydrogen) atoms. The predicted molar refractivity (Wildman–Crippen MR) is 83.9 cm³/mol. The Labute approximate surface area is 139 Å². The summed E-state index contributed by atoms with van der Waals surface area (Å²) in [6, 6.07) is 12.4. The first-order valence-corrected chi connectivity index (χ1v) is 7.05. The summed E-state index contributed by atoms with van der Waals surface area (Å²) >= 11 is 0. The second-order valence-corrected chi connectivity index (χ2v) is 5.28. The molecule has 1 aromatic heterocycles. The van der Waals surface area contributed by atoms with Crippen LogP contribution in [0, 0.1) is 11.3 Å². The van der Waals surface area contributed by atoms with E-state index in [0.717, 1.165) is 18.2 Å². The van der Waals surface area contributed by atoms with Crippen molar-refractivity contribution in [3.05, 3.63) is 65.4 Å². The molecule has 0 saturated carbocycles. The lowest BCUT2D eigenvalue weighted by molar-refractivity contribution is -0.137. The highest BCUT2D eigenvalue weighted by molar-refractivity contribution is 5.94. The summed E-state index contributed by atoms with van der Waals surface area (Å²) in [5, 5.41) is 18.6. The van der Waals surface area contributed by atoms with Crippen molar-refractivity contribution in [2.75, 3.05) is 0 Å². The minimum Gasteiger partial charge on any atom is -0.477 e. The van der Waals surface area contributed by atoms with E-state index >= 15 is 0 Å². The number of benzene rings is 2. The lowest BCUT2D eigenvalue weighted by Gasteiger charge is -2.10. The van der Waals surface area contributed by atoms with Gasteiger partial charge in [-0.2, -0.15) is 18.4 Å². The van der Waals surface area contributed by atoms with Gasteiger partial charge in [0.25, 0.3) is 0 Å². The molecule has 3 aromatic rings. The average molecular weight is 342 g/mol. The number of carboxylic acid groups (broad SMARTS) is 1. The van der Waals surface area contributed by atoms with Gasteiger partial charge in [-0.05, 0) is 41.5 Å². The van der Waals surface area contributed by atoms with Gasteiger partial charge in [-0.1, -0.05) is 18.2 Å². The molecule has 0 atom stereocenters. The number of halogens is 3. The predicted octanol–water partition coefficient (Wildman–Crippen LogP) is 4.49.